The number of aliphatic hydroxyl groups is 1. The summed E-state index contributed by atoms with van der Waals surface area (Å²) in [4.78, 5) is 0. The standard InChI is InChI=1S/C8H9BrO/c1-6(10)7-2-4-8(9)5-3-7/h2-6,10H,1H3/i1D3,6D,10D. The van der Waals surface area contributed by atoms with E-state index in [2.05, 4.69) is 21.0 Å². The van der Waals surface area contributed by atoms with Gasteiger partial charge in [-0.2, -0.15) is 0 Å². The lowest BCUT2D eigenvalue weighted by Crippen LogP contribution is -1.88. The van der Waals surface area contributed by atoms with Gasteiger partial charge in [0.25, 0.3) is 0 Å². The molecule has 1 unspecified atom stereocenters. The Labute approximate surface area is 75.9 Å². The molecule has 0 aliphatic rings. The number of halogens is 1. The summed E-state index contributed by atoms with van der Waals surface area (Å²) in [6, 6.07) is 6.09. The first-order valence-electron chi connectivity index (χ1n) is 5.12. The van der Waals surface area contributed by atoms with E-state index < -0.39 is 12.9 Å². The van der Waals surface area contributed by atoms with E-state index in [1.807, 2.05) is 0 Å². The van der Waals surface area contributed by atoms with E-state index in [0.29, 0.717) is 0 Å². The zero-order valence-corrected chi connectivity index (χ0v) is 6.68. The molecule has 0 bridgehead atoms. The fraction of sp³-hybridized carbons (Fsp3) is 0.250. The number of rotatable bonds is 2. The Bertz CT molecular complexity index is 336. The van der Waals surface area contributed by atoms with Crippen molar-refractivity contribution in [2.75, 3.05) is 0 Å². The predicted molar refractivity (Wildman–Crippen MR) is 44.8 cm³/mol. The third-order valence-electron chi connectivity index (χ3n) is 1.11. The summed E-state index contributed by atoms with van der Waals surface area (Å²) >= 11 is 3.20. The van der Waals surface area contributed by atoms with Crippen LogP contribution in [0.4, 0.5) is 0 Å². The number of benzene rings is 1. The molecule has 0 radical (unpaired) electrons. The third kappa shape index (κ3) is 1.82. The Morgan fingerprint density at radius 3 is 2.90 bits per heavy atom. The van der Waals surface area contributed by atoms with Gasteiger partial charge in [0.1, 0.15) is 0 Å². The molecule has 0 fully saturated rings. The molecule has 0 amide bonds. The SMILES string of the molecule is [2H]OC([2H])(c1ccc(Br)cc1)C([2H])([2H])[2H]. The van der Waals surface area contributed by atoms with E-state index in [9.17, 15) is 0 Å². The van der Waals surface area contributed by atoms with Gasteiger partial charge in [-0.15, -0.1) is 0 Å². The Morgan fingerprint density at radius 2 is 2.40 bits per heavy atom. The van der Waals surface area contributed by atoms with Crippen LogP contribution in [0.5, 0.6) is 0 Å². The molecule has 0 spiro atoms. The largest absolute Gasteiger partial charge is 0.389 e. The van der Waals surface area contributed by atoms with Crippen molar-refractivity contribution in [2.45, 2.75) is 12.9 Å². The smallest absolute Gasteiger partial charge is 0.211 e. The van der Waals surface area contributed by atoms with Crippen molar-refractivity contribution in [2.24, 2.45) is 0 Å². The zero-order chi connectivity index (χ0) is 11.7. The molecule has 1 aromatic rings. The summed E-state index contributed by atoms with van der Waals surface area (Å²) in [6.07, 6.45) is -2.34. The maximum Gasteiger partial charge on any atom is 0.211 e. The summed E-state index contributed by atoms with van der Waals surface area (Å²) < 4.78 is 36.7. The van der Waals surface area contributed by atoms with Crippen LogP contribution in [0.2, 0.25) is 0 Å². The molecule has 54 valence electrons. The third-order valence-corrected chi connectivity index (χ3v) is 1.64. The summed E-state index contributed by atoms with van der Waals surface area (Å²) in [5.74, 6) is 0. The van der Waals surface area contributed by atoms with Crippen LogP contribution in [-0.4, -0.2) is 6.54 Å². The Kier molecular flexibility index (Phi) is 1.07. The highest BCUT2D eigenvalue weighted by Crippen LogP contribution is 2.15. The van der Waals surface area contributed by atoms with Gasteiger partial charge in [-0.3, -0.25) is 0 Å². The van der Waals surface area contributed by atoms with E-state index in [1.54, 1.807) is 12.1 Å². The molecule has 1 atom stereocenters. The van der Waals surface area contributed by atoms with Crippen molar-refractivity contribution >= 4 is 15.9 Å². The second-order valence-corrected chi connectivity index (χ2v) is 2.75. The molecule has 0 saturated heterocycles. The van der Waals surface area contributed by atoms with Gasteiger partial charge in [0.2, 0.25) is 1.43 Å². The maximum atomic E-state index is 7.64. The minimum absolute atomic E-state index is 0.126. The molecule has 0 aromatic heterocycles. The van der Waals surface area contributed by atoms with E-state index in [0.717, 1.165) is 4.47 Å². The molecular weight excluding hydrogens is 192 g/mol. The van der Waals surface area contributed by atoms with E-state index in [1.165, 1.54) is 12.1 Å². The van der Waals surface area contributed by atoms with Crippen LogP contribution in [0.25, 0.3) is 0 Å². The Morgan fingerprint density at radius 1 is 1.70 bits per heavy atom. The molecule has 0 aliphatic heterocycles. The van der Waals surface area contributed by atoms with Crippen LogP contribution in [-0.2, 0) is 0 Å². The lowest BCUT2D eigenvalue weighted by Gasteiger charge is -2.02. The summed E-state index contributed by atoms with van der Waals surface area (Å²) in [6.45, 7) is -2.71. The van der Waals surface area contributed by atoms with Crippen LogP contribution < -0.4 is 0 Å². The Hall–Kier alpha value is -0.340. The second kappa shape index (κ2) is 3.17. The summed E-state index contributed by atoms with van der Waals surface area (Å²) in [5, 5.41) is 4.07. The molecule has 2 heteroatoms. The minimum atomic E-state index is -2.71. The molecule has 1 N–H and O–H groups in total. The normalized spacial score (nSPS) is 24.7. The van der Waals surface area contributed by atoms with Crippen molar-refractivity contribution < 1.29 is 10.6 Å². The van der Waals surface area contributed by atoms with E-state index >= 15 is 0 Å². The fourth-order valence-corrected chi connectivity index (χ4v) is 0.866. The second-order valence-electron chi connectivity index (χ2n) is 1.84. The highest BCUT2D eigenvalue weighted by atomic mass is 79.9. The van der Waals surface area contributed by atoms with Crippen LogP contribution in [0.1, 0.15) is 24.0 Å². The highest BCUT2D eigenvalue weighted by Gasteiger charge is 1.97. The monoisotopic (exact) mass is 205 g/mol. The maximum absolute atomic E-state index is 7.64. The van der Waals surface area contributed by atoms with Crippen LogP contribution in [0.15, 0.2) is 28.7 Å². The molecule has 1 rings (SSSR count). The first-order valence-corrected chi connectivity index (χ1v) is 3.51. The summed E-state index contributed by atoms with van der Waals surface area (Å²) in [7, 11) is 0. The van der Waals surface area contributed by atoms with Crippen molar-refractivity contribution in [1.29, 1.82) is 1.43 Å². The van der Waals surface area contributed by atoms with Gasteiger partial charge in [0.05, 0.1) is 7.45 Å². The average Bonchev–Trinajstić information content (AvgIpc) is 2.16. The first kappa shape index (κ1) is 3.37. The van der Waals surface area contributed by atoms with Gasteiger partial charge >= 0.3 is 0 Å². The Balaban J connectivity index is 3.18. The predicted octanol–water partition coefficient (Wildman–Crippen LogP) is 2.50. The molecule has 0 saturated carbocycles. The van der Waals surface area contributed by atoms with Crippen LogP contribution in [0, 0.1) is 0 Å². The van der Waals surface area contributed by atoms with Gasteiger partial charge in [0.15, 0.2) is 0 Å². The zero-order valence-electron chi connectivity index (χ0n) is 10.1. The average molecular weight is 206 g/mol. The molecular formula is C8H9BrO. The van der Waals surface area contributed by atoms with Crippen molar-refractivity contribution in [3.63, 3.8) is 0 Å². The number of hydrogen-bond donors (Lipinski definition) is 1. The fourth-order valence-electron chi connectivity index (χ4n) is 0.601. The van der Waals surface area contributed by atoms with Crippen molar-refractivity contribution in [1.82, 2.24) is 0 Å². The van der Waals surface area contributed by atoms with Gasteiger partial charge in [-0.05, 0) is 24.5 Å². The molecule has 1 aromatic carbocycles. The van der Waals surface area contributed by atoms with Gasteiger partial charge < -0.3 is 5.11 Å². The minimum Gasteiger partial charge on any atom is -0.389 e. The van der Waals surface area contributed by atoms with Gasteiger partial charge in [0, 0.05) is 8.58 Å². The summed E-state index contributed by atoms with van der Waals surface area (Å²) in [5.41, 5.74) is 0.126. The highest BCUT2D eigenvalue weighted by molar-refractivity contribution is 9.10. The van der Waals surface area contributed by atoms with Crippen molar-refractivity contribution in [3.8, 4) is 0 Å². The first-order chi connectivity index (χ1) is 6.81. The molecule has 1 nitrogen and oxygen atoms in total. The molecule has 10 heavy (non-hydrogen) atoms. The lowest BCUT2D eigenvalue weighted by molar-refractivity contribution is 0.199. The van der Waals surface area contributed by atoms with Gasteiger partial charge in [-0.1, -0.05) is 28.1 Å². The van der Waals surface area contributed by atoms with Crippen molar-refractivity contribution in [3.05, 3.63) is 34.3 Å². The quantitative estimate of drug-likeness (QED) is 0.788. The topological polar surface area (TPSA) is 20.2 Å². The molecule has 0 aliphatic carbocycles. The lowest BCUT2D eigenvalue weighted by atomic mass is 10.1. The van der Waals surface area contributed by atoms with E-state index in [-0.39, 0.29) is 5.56 Å². The number of hydrogen-bond acceptors (Lipinski definition) is 1. The molecule has 0 heterocycles. The van der Waals surface area contributed by atoms with E-state index in [4.69, 9.17) is 6.91 Å². The van der Waals surface area contributed by atoms with Crippen LogP contribution in [0.3, 0.4) is 0 Å². The van der Waals surface area contributed by atoms with Crippen LogP contribution >= 0.6 is 15.9 Å². The van der Waals surface area contributed by atoms with Gasteiger partial charge in [-0.25, -0.2) is 0 Å².